The van der Waals surface area contributed by atoms with Crippen molar-refractivity contribution in [1.29, 1.82) is 0 Å². The highest BCUT2D eigenvalue weighted by Gasteiger charge is 2.05. The van der Waals surface area contributed by atoms with E-state index in [0.717, 1.165) is 6.42 Å². The summed E-state index contributed by atoms with van der Waals surface area (Å²) in [5, 5.41) is 6.34. The van der Waals surface area contributed by atoms with Gasteiger partial charge < -0.3 is 15.5 Å². The SMILES string of the molecule is C=CCNC(=NCC(=O)N(C)C)NCc1ccc(CC)s1. The van der Waals surface area contributed by atoms with Crippen molar-refractivity contribution in [3.05, 3.63) is 34.5 Å². The van der Waals surface area contributed by atoms with Crippen LogP contribution in [0.1, 0.15) is 16.7 Å². The lowest BCUT2D eigenvalue weighted by Crippen LogP contribution is -2.38. The molecule has 0 saturated heterocycles. The van der Waals surface area contributed by atoms with E-state index in [0.29, 0.717) is 19.0 Å². The van der Waals surface area contributed by atoms with Crippen LogP contribution in [0.4, 0.5) is 0 Å². The van der Waals surface area contributed by atoms with Gasteiger partial charge in [-0.25, -0.2) is 4.99 Å². The summed E-state index contributed by atoms with van der Waals surface area (Å²) in [6.07, 6.45) is 2.81. The lowest BCUT2D eigenvalue weighted by molar-refractivity contribution is -0.127. The van der Waals surface area contributed by atoms with Gasteiger partial charge in [0.25, 0.3) is 0 Å². The molecule has 0 fully saturated rings. The monoisotopic (exact) mass is 308 g/mol. The summed E-state index contributed by atoms with van der Waals surface area (Å²) < 4.78 is 0. The van der Waals surface area contributed by atoms with Crippen LogP contribution in [0.3, 0.4) is 0 Å². The summed E-state index contributed by atoms with van der Waals surface area (Å²) >= 11 is 1.79. The molecule has 1 aromatic heterocycles. The third kappa shape index (κ3) is 6.44. The molecule has 0 aliphatic rings. The van der Waals surface area contributed by atoms with Gasteiger partial charge >= 0.3 is 0 Å². The second-order valence-corrected chi connectivity index (χ2v) is 5.95. The molecule has 0 aliphatic carbocycles. The average molecular weight is 308 g/mol. The van der Waals surface area contributed by atoms with E-state index in [4.69, 9.17) is 0 Å². The Morgan fingerprint density at radius 2 is 2.10 bits per heavy atom. The predicted molar refractivity (Wildman–Crippen MR) is 89.7 cm³/mol. The Hall–Kier alpha value is -1.82. The van der Waals surface area contributed by atoms with Crippen LogP contribution in [0.5, 0.6) is 0 Å². The number of amides is 1. The predicted octanol–water partition coefficient (Wildman–Crippen LogP) is 1.62. The zero-order chi connectivity index (χ0) is 15.7. The number of nitrogens with one attached hydrogen (secondary N) is 2. The molecule has 0 radical (unpaired) electrons. The van der Waals surface area contributed by atoms with Crippen LogP contribution < -0.4 is 10.6 Å². The molecule has 6 heteroatoms. The van der Waals surface area contributed by atoms with Crippen LogP contribution in [0.2, 0.25) is 0 Å². The van der Waals surface area contributed by atoms with Crippen LogP contribution in [-0.4, -0.2) is 44.0 Å². The van der Waals surface area contributed by atoms with E-state index >= 15 is 0 Å². The minimum Gasteiger partial charge on any atom is -0.353 e. The number of rotatable bonds is 7. The molecule has 0 aliphatic heterocycles. The molecular weight excluding hydrogens is 284 g/mol. The molecule has 0 aromatic carbocycles. The van der Waals surface area contributed by atoms with E-state index in [9.17, 15) is 4.79 Å². The van der Waals surface area contributed by atoms with Crippen molar-refractivity contribution in [2.24, 2.45) is 4.99 Å². The summed E-state index contributed by atoms with van der Waals surface area (Å²) in [6, 6.07) is 4.26. The van der Waals surface area contributed by atoms with Crippen molar-refractivity contribution < 1.29 is 4.79 Å². The van der Waals surface area contributed by atoms with Crippen molar-refractivity contribution in [3.8, 4) is 0 Å². The van der Waals surface area contributed by atoms with Crippen molar-refractivity contribution in [3.63, 3.8) is 0 Å². The number of guanidine groups is 1. The molecule has 0 saturated carbocycles. The van der Waals surface area contributed by atoms with E-state index in [1.165, 1.54) is 14.7 Å². The Kier molecular flexibility index (Phi) is 7.53. The number of likely N-dealkylation sites (N-methyl/N-ethyl adjacent to an activating group) is 1. The Morgan fingerprint density at radius 1 is 1.38 bits per heavy atom. The van der Waals surface area contributed by atoms with Crippen LogP contribution >= 0.6 is 11.3 Å². The maximum atomic E-state index is 11.6. The first-order valence-corrected chi connectivity index (χ1v) is 7.79. The molecule has 116 valence electrons. The minimum atomic E-state index is -0.0286. The quantitative estimate of drug-likeness (QED) is 0.457. The number of thiophene rings is 1. The number of nitrogens with zero attached hydrogens (tertiary/aromatic N) is 2. The molecule has 1 heterocycles. The fraction of sp³-hybridized carbons (Fsp3) is 0.467. The van der Waals surface area contributed by atoms with Crippen molar-refractivity contribution in [2.45, 2.75) is 19.9 Å². The summed E-state index contributed by atoms with van der Waals surface area (Å²) in [4.78, 5) is 20.0. The van der Waals surface area contributed by atoms with Crippen molar-refractivity contribution in [1.82, 2.24) is 15.5 Å². The highest BCUT2D eigenvalue weighted by Crippen LogP contribution is 2.16. The van der Waals surface area contributed by atoms with Crippen LogP contribution in [0, 0.1) is 0 Å². The first-order chi connectivity index (χ1) is 10.1. The number of carbonyl (C=O) groups excluding carboxylic acids is 1. The Balaban J connectivity index is 2.58. The standard InChI is InChI=1S/C15H24N4OS/c1-5-9-16-15(18-11-14(20)19(3)4)17-10-13-8-7-12(6-2)21-13/h5,7-8H,1,6,9-11H2,2-4H3,(H2,16,17,18). The van der Waals surface area contributed by atoms with Gasteiger partial charge in [-0.05, 0) is 18.6 Å². The molecule has 1 amide bonds. The number of hydrogen-bond acceptors (Lipinski definition) is 3. The zero-order valence-electron chi connectivity index (χ0n) is 13.0. The maximum absolute atomic E-state index is 11.6. The fourth-order valence-electron chi connectivity index (χ4n) is 1.51. The Morgan fingerprint density at radius 3 is 2.67 bits per heavy atom. The van der Waals surface area contributed by atoms with E-state index in [-0.39, 0.29) is 12.5 Å². The van der Waals surface area contributed by atoms with E-state index in [1.807, 2.05) is 0 Å². The third-order valence-electron chi connectivity index (χ3n) is 2.78. The van der Waals surface area contributed by atoms with Crippen LogP contribution in [0.15, 0.2) is 29.8 Å². The topological polar surface area (TPSA) is 56.7 Å². The summed E-state index contributed by atoms with van der Waals surface area (Å²) in [5.41, 5.74) is 0. The number of aliphatic imine (C=N–C) groups is 1. The summed E-state index contributed by atoms with van der Waals surface area (Å²) in [5.74, 6) is 0.593. The molecule has 5 nitrogen and oxygen atoms in total. The van der Waals surface area contributed by atoms with Gasteiger partial charge in [0.05, 0.1) is 6.54 Å². The van der Waals surface area contributed by atoms with E-state index in [1.54, 1.807) is 31.5 Å². The van der Waals surface area contributed by atoms with Gasteiger partial charge in [-0.3, -0.25) is 4.79 Å². The normalized spacial score (nSPS) is 11.1. The van der Waals surface area contributed by atoms with Gasteiger partial charge in [-0.2, -0.15) is 0 Å². The highest BCUT2D eigenvalue weighted by molar-refractivity contribution is 7.11. The largest absolute Gasteiger partial charge is 0.353 e. The maximum Gasteiger partial charge on any atom is 0.243 e. The molecule has 21 heavy (non-hydrogen) atoms. The zero-order valence-corrected chi connectivity index (χ0v) is 13.8. The van der Waals surface area contributed by atoms with Gasteiger partial charge in [0.1, 0.15) is 6.54 Å². The summed E-state index contributed by atoms with van der Waals surface area (Å²) in [7, 11) is 3.44. The minimum absolute atomic E-state index is 0.0286. The van der Waals surface area contributed by atoms with Gasteiger partial charge in [-0.15, -0.1) is 17.9 Å². The third-order valence-corrected chi connectivity index (χ3v) is 4.01. The molecule has 0 spiro atoms. The Bertz CT molecular complexity index is 494. The lowest BCUT2D eigenvalue weighted by atomic mass is 10.3. The first-order valence-electron chi connectivity index (χ1n) is 6.97. The van der Waals surface area contributed by atoms with Crippen molar-refractivity contribution in [2.75, 3.05) is 27.2 Å². The van der Waals surface area contributed by atoms with Gasteiger partial charge in [0, 0.05) is 30.4 Å². The van der Waals surface area contributed by atoms with Crippen molar-refractivity contribution >= 4 is 23.2 Å². The Labute approximate surface area is 130 Å². The van der Waals surface area contributed by atoms with Gasteiger partial charge in [0.15, 0.2) is 5.96 Å². The fourth-order valence-corrected chi connectivity index (χ4v) is 2.41. The number of carbonyl (C=O) groups is 1. The molecule has 0 bridgehead atoms. The smallest absolute Gasteiger partial charge is 0.243 e. The highest BCUT2D eigenvalue weighted by atomic mass is 32.1. The molecular formula is C15H24N4OS. The van der Waals surface area contributed by atoms with E-state index < -0.39 is 0 Å². The molecule has 1 rings (SSSR count). The van der Waals surface area contributed by atoms with Crippen LogP contribution in [-0.2, 0) is 17.8 Å². The summed E-state index contributed by atoms with van der Waals surface area (Å²) in [6.45, 7) is 7.25. The molecule has 0 unspecified atom stereocenters. The molecule has 2 N–H and O–H groups in total. The lowest BCUT2D eigenvalue weighted by Gasteiger charge is -2.12. The average Bonchev–Trinajstić information content (AvgIpc) is 2.94. The first kappa shape index (κ1) is 17.2. The van der Waals surface area contributed by atoms with Gasteiger partial charge in [-0.1, -0.05) is 13.0 Å². The van der Waals surface area contributed by atoms with Gasteiger partial charge in [0.2, 0.25) is 5.91 Å². The second-order valence-electron chi connectivity index (χ2n) is 4.70. The second kappa shape index (κ2) is 9.18. The molecule has 0 atom stereocenters. The van der Waals surface area contributed by atoms with Crippen LogP contribution in [0.25, 0.3) is 0 Å². The number of aryl methyl sites for hydroxylation is 1. The number of hydrogen-bond donors (Lipinski definition) is 2. The molecule has 1 aromatic rings. The van der Waals surface area contributed by atoms with E-state index in [2.05, 4.69) is 41.3 Å².